The maximum Gasteiger partial charge on any atom is 0.389 e. The molecular weight excluding hydrogens is 205 g/mol. The van der Waals surface area contributed by atoms with Gasteiger partial charge in [0.15, 0.2) is 0 Å². The fraction of sp³-hybridized carbons (Fsp3) is 1.00. The van der Waals surface area contributed by atoms with Gasteiger partial charge in [0.25, 0.3) is 0 Å². The summed E-state index contributed by atoms with van der Waals surface area (Å²) in [7, 11) is 0. The van der Waals surface area contributed by atoms with Gasteiger partial charge in [-0.3, -0.25) is 11.3 Å². The van der Waals surface area contributed by atoms with Gasteiger partial charge in [-0.05, 0) is 24.7 Å². The molecule has 0 aromatic heterocycles. The monoisotopic (exact) mass is 226 g/mol. The molecule has 3 N–H and O–H groups in total. The lowest BCUT2D eigenvalue weighted by molar-refractivity contribution is -0.136. The van der Waals surface area contributed by atoms with Crippen molar-refractivity contribution in [2.24, 2.45) is 11.3 Å². The smallest absolute Gasteiger partial charge is 0.271 e. The maximum absolute atomic E-state index is 12.0. The van der Waals surface area contributed by atoms with Gasteiger partial charge in [0.2, 0.25) is 0 Å². The minimum atomic E-state index is -4.09. The number of alkyl halides is 3. The summed E-state index contributed by atoms with van der Waals surface area (Å²) in [5.74, 6) is 5.21. The molecule has 15 heavy (non-hydrogen) atoms. The van der Waals surface area contributed by atoms with Gasteiger partial charge in [-0.15, -0.1) is 0 Å². The molecule has 0 aliphatic carbocycles. The number of hydrogen-bond acceptors (Lipinski definition) is 2. The molecule has 0 saturated carbocycles. The first kappa shape index (κ1) is 14.7. The molecule has 0 amide bonds. The lowest BCUT2D eigenvalue weighted by Gasteiger charge is -2.23. The third-order valence-electron chi connectivity index (χ3n) is 2.25. The molecule has 0 aliphatic heterocycles. The van der Waals surface area contributed by atoms with Crippen molar-refractivity contribution in [1.29, 1.82) is 0 Å². The van der Waals surface area contributed by atoms with E-state index in [1.165, 1.54) is 0 Å². The fourth-order valence-corrected chi connectivity index (χ4v) is 1.26. The standard InChI is InChI=1S/C10H21F3N2/c1-9(2,3)6-4-8(15-14)5-7-10(11,12)13/h8,15H,4-7,14H2,1-3H3. The Balaban J connectivity index is 3.84. The highest BCUT2D eigenvalue weighted by Gasteiger charge is 2.28. The molecule has 0 heterocycles. The maximum atomic E-state index is 12.0. The Labute approximate surface area is 89.4 Å². The van der Waals surface area contributed by atoms with E-state index in [9.17, 15) is 13.2 Å². The predicted molar refractivity (Wildman–Crippen MR) is 55.1 cm³/mol. The van der Waals surface area contributed by atoms with Gasteiger partial charge in [-0.1, -0.05) is 20.8 Å². The molecule has 0 bridgehead atoms. The molecule has 1 atom stereocenters. The van der Waals surface area contributed by atoms with Crippen LogP contribution in [-0.2, 0) is 0 Å². The third kappa shape index (κ3) is 10.0. The molecule has 0 saturated heterocycles. The van der Waals surface area contributed by atoms with Crippen LogP contribution in [-0.4, -0.2) is 12.2 Å². The molecule has 0 spiro atoms. The van der Waals surface area contributed by atoms with E-state index in [1.54, 1.807) is 0 Å². The third-order valence-corrected chi connectivity index (χ3v) is 2.25. The van der Waals surface area contributed by atoms with Crippen LogP contribution in [0.15, 0.2) is 0 Å². The summed E-state index contributed by atoms with van der Waals surface area (Å²) in [5.41, 5.74) is 2.58. The van der Waals surface area contributed by atoms with Crippen molar-refractivity contribution in [1.82, 2.24) is 5.43 Å². The lowest BCUT2D eigenvalue weighted by atomic mass is 9.88. The van der Waals surface area contributed by atoms with Gasteiger partial charge < -0.3 is 0 Å². The van der Waals surface area contributed by atoms with Crippen LogP contribution in [0.2, 0.25) is 0 Å². The lowest BCUT2D eigenvalue weighted by Crippen LogP contribution is -2.36. The molecule has 5 heteroatoms. The van der Waals surface area contributed by atoms with Crippen molar-refractivity contribution in [3.8, 4) is 0 Å². The highest BCUT2D eigenvalue weighted by Crippen LogP contribution is 2.26. The number of nitrogens with one attached hydrogen (secondary N) is 1. The van der Waals surface area contributed by atoms with E-state index in [0.29, 0.717) is 6.42 Å². The highest BCUT2D eigenvalue weighted by molar-refractivity contribution is 4.70. The zero-order valence-electron chi connectivity index (χ0n) is 9.62. The summed E-state index contributed by atoms with van der Waals surface area (Å²) < 4.78 is 35.9. The summed E-state index contributed by atoms with van der Waals surface area (Å²) in [6.07, 6.45) is -3.27. The molecule has 92 valence electrons. The van der Waals surface area contributed by atoms with Crippen molar-refractivity contribution in [3.63, 3.8) is 0 Å². The molecule has 0 aliphatic rings. The number of hydrazine groups is 1. The van der Waals surface area contributed by atoms with E-state index in [2.05, 4.69) is 26.2 Å². The normalized spacial score (nSPS) is 15.4. The van der Waals surface area contributed by atoms with Gasteiger partial charge in [0.05, 0.1) is 0 Å². The number of rotatable bonds is 5. The van der Waals surface area contributed by atoms with Crippen molar-refractivity contribution >= 4 is 0 Å². The van der Waals surface area contributed by atoms with Gasteiger partial charge in [-0.25, -0.2) is 0 Å². The SMILES string of the molecule is CC(C)(C)CCC(CCC(F)(F)F)NN. The first-order chi connectivity index (χ1) is 6.64. The quantitative estimate of drug-likeness (QED) is 0.558. The Morgan fingerprint density at radius 3 is 1.87 bits per heavy atom. The average Bonchev–Trinajstić information content (AvgIpc) is 2.00. The van der Waals surface area contributed by atoms with Gasteiger partial charge in [-0.2, -0.15) is 13.2 Å². The molecule has 1 unspecified atom stereocenters. The van der Waals surface area contributed by atoms with E-state index < -0.39 is 12.6 Å². The topological polar surface area (TPSA) is 38.0 Å². The minimum absolute atomic E-state index is 0.0517. The zero-order chi connectivity index (χ0) is 12.1. The van der Waals surface area contributed by atoms with Crippen LogP contribution in [0.4, 0.5) is 13.2 Å². The number of nitrogens with two attached hydrogens (primary N) is 1. The molecule has 0 rings (SSSR count). The molecule has 0 fully saturated rings. The van der Waals surface area contributed by atoms with Crippen LogP contribution >= 0.6 is 0 Å². The summed E-state index contributed by atoms with van der Waals surface area (Å²) in [6, 6.07) is -0.245. The van der Waals surface area contributed by atoms with Gasteiger partial charge >= 0.3 is 6.18 Å². The fourth-order valence-electron chi connectivity index (χ4n) is 1.26. The highest BCUT2D eigenvalue weighted by atomic mass is 19.4. The molecule has 0 aromatic rings. The largest absolute Gasteiger partial charge is 0.389 e. The second-order valence-electron chi connectivity index (χ2n) is 5.12. The molecule has 0 aromatic carbocycles. The summed E-state index contributed by atoms with van der Waals surface area (Å²) >= 11 is 0. The average molecular weight is 226 g/mol. The van der Waals surface area contributed by atoms with E-state index in [4.69, 9.17) is 5.84 Å². The molecular formula is C10H21F3N2. The van der Waals surface area contributed by atoms with Crippen LogP contribution in [0.1, 0.15) is 46.5 Å². The van der Waals surface area contributed by atoms with E-state index in [1.807, 2.05) is 0 Å². The Bertz CT molecular complexity index is 154. The van der Waals surface area contributed by atoms with E-state index >= 15 is 0 Å². The van der Waals surface area contributed by atoms with Crippen LogP contribution in [0.3, 0.4) is 0 Å². The van der Waals surface area contributed by atoms with Crippen LogP contribution in [0, 0.1) is 5.41 Å². The summed E-state index contributed by atoms with van der Waals surface area (Å²) in [5, 5.41) is 0. The van der Waals surface area contributed by atoms with Crippen LogP contribution in [0.25, 0.3) is 0 Å². The van der Waals surface area contributed by atoms with Crippen molar-refractivity contribution < 1.29 is 13.2 Å². The van der Waals surface area contributed by atoms with E-state index in [0.717, 1.165) is 6.42 Å². The predicted octanol–water partition coefficient (Wildman–Crippen LogP) is 2.99. The first-order valence-corrected chi connectivity index (χ1v) is 5.17. The molecule has 0 radical (unpaired) electrons. The van der Waals surface area contributed by atoms with Gasteiger partial charge in [0.1, 0.15) is 0 Å². The van der Waals surface area contributed by atoms with Crippen molar-refractivity contribution in [2.75, 3.05) is 0 Å². The minimum Gasteiger partial charge on any atom is -0.271 e. The zero-order valence-corrected chi connectivity index (χ0v) is 9.62. The summed E-state index contributed by atoms with van der Waals surface area (Å²) in [4.78, 5) is 0. The van der Waals surface area contributed by atoms with Gasteiger partial charge in [0, 0.05) is 12.5 Å². The Hall–Kier alpha value is -0.290. The van der Waals surface area contributed by atoms with Crippen molar-refractivity contribution in [2.45, 2.75) is 58.7 Å². The van der Waals surface area contributed by atoms with Crippen LogP contribution < -0.4 is 11.3 Å². The van der Waals surface area contributed by atoms with E-state index in [-0.39, 0.29) is 17.9 Å². The second kappa shape index (κ2) is 5.70. The molecule has 2 nitrogen and oxygen atoms in total. The Morgan fingerprint density at radius 1 is 1.07 bits per heavy atom. The first-order valence-electron chi connectivity index (χ1n) is 5.17. The number of hydrogen-bond donors (Lipinski definition) is 2. The van der Waals surface area contributed by atoms with Crippen LogP contribution in [0.5, 0.6) is 0 Å². The summed E-state index contributed by atoms with van der Waals surface area (Å²) in [6.45, 7) is 6.18. The Morgan fingerprint density at radius 2 is 1.53 bits per heavy atom. The second-order valence-corrected chi connectivity index (χ2v) is 5.12. The van der Waals surface area contributed by atoms with Crippen molar-refractivity contribution in [3.05, 3.63) is 0 Å². The Kier molecular flexibility index (Phi) is 5.59. The number of halogens is 3.